The molecule has 6 heteroatoms. The summed E-state index contributed by atoms with van der Waals surface area (Å²) in [5, 5.41) is 8.95. The van der Waals surface area contributed by atoms with Crippen LogP contribution >= 0.6 is 0 Å². The number of carbonyl (C=O) groups excluding carboxylic acids is 1. The molecule has 5 nitrogen and oxygen atoms in total. The van der Waals surface area contributed by atoms with Gasteiger partial charge < -0.3 is 4.74 Å². The van der Waals surface area contributed by atoms with E-state index in [0.29, 0.717) is 6.42 Å². The second-order valence-electron chi connectivity index (χ2n) is 3.90. The maximum atomic E-state index is 11.5. The molecule has 0 amide bonds. The lowest BCUT2D eigenvalue weighted by Gasteiger charge is -2.07. The van der Waals surface area contributed by atoms with Gasteiger partial charge >= 0.3 is 5.97 Å². The highest BCUT2D eigenvalue weighted by Gasteiger charge is 2.63. The van der Waals surface area contributed by atoms with Gasteiger partial charge in [0, 0.05) is 11.7 Å². The molecule has 0 radical (unpaired) electrons. The molecule has 0 aromatic heterocycles. The molecule has 0 N–H and O–H groups in total. The van der Waals surface area contributed by atoms with Crippen molar-refractivity contribution in [3.05, 3.63) is 0 Å². The van der Waals surface area contributed by atoms with Crippen molar-refractivity contribution in [2.45, 2.75) is 20.3 Å². The molecule has 0 heterocycles. The van der Waals surface area contributed by atoms with Gasteiger partial charge in [0.25, 0.3) is 0 Å². The summed E-state index contributed by atoms with van der Waals surface area (Å²) in [6.07, 6.45) is 0.293. The molecule has 0 aromatic carbocycles. The van der Waals surface area contributed by atoms with Gasteiger partial charge in [0.05, 0.1) is 18.4 Å². The molecular formula is C10H15NO4S. The monoisotopic (exact) mass is 245 g/mol. The van der Waals surface area contributed by atoms with E-state index in [1.165, 1.54) is 0 Å². The van der Waals surface area contributed by atoms with Gasteiger partial charge in [0.2, 0.25) is 0 Å². The molecule has 0 aliphatic heterocycles. The lowest BCUT2D eigenvalue weighted by Crippen LogP contribution is -2.23. The number of nitrogens with zero attached hydrogens (tertiary/aromatic N) is 1. The molecule has 1 saturated carbocycles. The highest BCUT2D eigenvalue weighted by molar-refractivity contribution is 7.91. The summed E-state index contributed by atoms with van der Waals surface area (Å²) in [4.78, 5) is 11.5. The first kappa shape index (κ1) is 13.0. The average Bonchev–Trinajstić information content (AvgIpc) is 2.92. The highest BCUT2D eigenvalue weighted by Crippen LogP contribution is 2.53. The number of esters is 1. The van der Waals surface area contributed by atoms with E-state index in [1.807, 2.05) is 6.07 Å². The topological polar surface area (TPSA) is 84.2 Å². The molecule has 90 valence electrons. The fourth-order valence-corrected chi connectivity index (χ4v) is 2.90. The van der Waals surface area contributed by atoms with E-state index in [4.69, 9.17) is 10.00 Å². The molecule has 1 aliphatic rings. The highest BCUT2D eigenvalue weighted by atomic mass is 32.2. The Morgan fingerprint density at radius 1 is 1.56 bits per heavy atom. The van der Waals surface area contributed by atoms with E-state index < -0.39 is 27.1 Å². The zero-order valence-corrected chi connectivity index (χ0v) is 10.2. The Kier molecular flexibility index (Phi) is 3.58. The minimum atomic E-state index is -3.14. The standard InChI is InChI=1S/C10H15NO4S/c1-3-15-9(12)10(7-11)5-8(10)6-16(13,14)4-2/h8H,3-6H2,1-2H3/t8-,10+/m1/s1. The van der Waals surface area contributed by atoms with Crippen LogP contribution in [-0.4, -0.2) is 32.5 Å². The average molecular weight is 245 g/mol. The first-order chi connectivity index (χ1) is 7.41. The predicted octanol–water partition coefficient (Wildman–Crippen LogP) is 0.514. The van der Waals surface area contributed by atoms with Crippen molar-refractivity contribution < 1.29 is 17.9 Å². The van der Waals surface area contributed by atoms with Crippen LogP contribution in [0.2, 0.25) is 0 Å². The summed E-state index contributed by atoms with van der Waals surface area (Å²) in [5.41, 5.74) is -1.21. The second-order valence-corrected chi connectivity index (χ2v) is 6.30. The Hall–Kier alpha value is -1.09. The fourth-order valence-electron chi connectivity index (χ4n) is 1.65. The molecule has 16 heavy (non-hydrogen) atoms. The van der Waals surface area contributed by atoms with Crippen molar-refractivity contribution in [3.63, 3.8) is 0 Å². The van der Waals surface area contributed by atoms with E-state index in [2.05, 4.69) is 0 Å². The molecular weight excluding hydrogens is 230 g/mol. The number of hydrogen-bond donors (Lipinski definition) is 0. The van der Waals surface area contributed by atoms with Crippen molar-refractivity contribution >= 4 is 15.8 Å². The Morgan fingerprint density at radius 2 is 2.19 bits per heavy atom. The summed E-state index contributed by atoms with van der Waals surface area (Å²) in [6, 6.07) is 1.89. The zero-order valence-electron chi connectivity index (χ0n) is 9.39. The van der Waals surface area contributed by atoms with E-state index >= 15 is 0 Å². The Morgan fingerprint density at radius 3 is 2.62 bits per heavy atom. The SMILES string of the molecule is CCOC(=O)[C@]1(C#N)C[C@@H]1CS(=O)(=O)CC. The zero-order chi connectivity index (χ0) is 12.4. The smallest absolute Gasteiger partial charge is 0.326 e. The van der Waals surface area contributed by atoms with Crippen LogP contribution in [0.3, 0.4) is 0 Å². The minimum absolute atomic E-state index is 0.0355. The van der Waals surface area contributed by atoms with Crippen LogP contribution in [0.25, 0.3) is 0 Å². The van der Waals surface area contributed by atoms with Gasteiger partial charge in [-0.25, -0.2) is 8.42 Å². The summed E-state index contributed by atoms with van der Waals surface area (Å²) in [7, 11) is -3.14. The third kappa shape index (κ3) is 2.35. The molecule has 1 aliphatic carbocycles. The van der Waals surface area contributed by atoms with E-state index in [0.717, 1.165) is 0 Å². The number of ether oxygens (including phenoxy) is 1. The maximum Gasteiger partial charge on any atom is 0.326 e. The van der Waals surface area contributed by atoms with Gasteiger partial charge in [0.1, 0.15) is 9.84 Å². The largest absolute Gasteiger partial charge is 0.465 e. The van der Waals surface area contributed by atoms with Gasteiger partial charge in [-0.3, -0.25) is 4.79 Å². The van der Waals surface area contributed by atoms with Crippen LogP contribution < -0.4 is 0 Å². The first-order valence-electron chi connectivity index (χ1n) is 5.20. The lowest BCUT2D eigenvalue weighted by atomic mass is 10.1. The molecule has 1 rings (SSSR count). The summed E-state index contributed by atoms with van der Waals surface area (Å²) < 4.78 is 27.5. The summed E-state index contributed by atoms with van der Waals surface area (Å²) in [5.74, 6) is -1.06. The number of rotatable bonds is 5. The van der Waals surface area contributed by atoms with Gasteiger partial charge in [-0.1, -0.05) is 6.92 Å². The van der Waals surface area contributed by atoms with Crippen LogP contribution in [0.4, 0.5) is 0 Å². The molecule has 0 saturated heterocycles. The van der Waals surface area contributed by atoms with Gasteiger partial charge in [0.15, 0.2) is 5.41 Å². The van der Waals surface area contributed by atoms with Crippen molar-refractivity contribution in [1.29, 1.82) is 5.26 Å². The Bertz CT molecular complexity index is 423. The first-order valence-corrected chi connectivity index (χ1v) is 7.03. The van der Waals surface area contributed by atoms with E-state index in [9.17, 15) is 13.2 Å². The third-order valence-electron chi connectivity index (χ3n) is 2.84. The number of sulfone groups is 1. The van der Waals surface area contributed by atoms with Crippen molar-refractivity contribution in [1.82, 2.24) is 0 Å². The number of hydrogen-bond acceptors (Lipinski definition) is 5. The van der Waals surface area contributed by atoms with Gasteiger partial charge in [-0.2, -0.15) is 5.26 Å². The predicted molar refractivity (Wildman–Crippen MR) is 57.1 cm³/mol. The summed E-state index contributed by atoms with van der Waals surface area (Å²) >= 11 is 0. The number of carbonyl (C=O) groups is 1. The lowest BCUT2D eigenvalue weighted by molar-refractivity contribution is -0.147. The van der Waals surface area contributed by atoms with E-state index in [-0.39, 0.29) is 18.1 Å². The van der Waals surface area contributed by atoms with Gasteiger partial charge in [-0.05, 0) is 13.3 Å². The molecule has 2 atom stereocenters. The maximum absolute atomic E-state index is 11.5. The second kappa shape index (κ2) is 4.42. The molecule has 1 fully saturated rings. The molecule has 0 unspecified atom stereocenters. The summed E-state index contributed by atoms with van der Waals surface area (Å²) in [6.45, 7) is 3.41. The van der Waals surface area contributed by atoms with Crippen LogP contribution in [0.1, 0.15) is 20.3 Å². The van der Waals surface area contributed by atoms with Crippen molar-refractivity contribution in [2.24, 2.45) is 11.3 Å². The van der Waals surface area contributed by atoms with Gasteiger partial charge in [-0.15, -0.1) is 0 Å². The minimum Gasteiger partial charge on any atom is -0.465 e. The molecule has 0 aromatic rings. The Labute approximate surface area is 95.3 Å². The Balaban J connectivity index is 2.71. The number of nitriles is 1. The van der Waals surface area contributed by atoms with E-state index in [1.54, 1.807) is 13.8 Å². The third-order valence-corrected chi connectivity index (χ3v) is 4.63. The molecule has 0 bridgehead atoms. The van der Waals surface area contributed by atoms with Crippen LogP contribution in [0, 0.1) is 22.7 Å². The van der Waals surface area contributed by atoms with Crippen molar-refractivity contribution in [3.8, 4) is 6.07 Å². The fraction of sp³-hybridized carbons (Fsp3) is 0.800. The van der Waals surface area contributed by atoms with Crippen LogP contribution in [0.5, 0.6) is 0 Å². The van der Waals surface area contributed by atoms with Crippen molar-refractivity contribution in [2.75, 3.05) is 18.1 Å². The van der Waals surface area contributed by atoms with Crippen LogP contribution in [0.15, 0.2) is 0 Å². The van der Waals surface area contributed by atoms with Crippen LogP contribution in [-0.2, 0) is 19.4 Å². The normalized spacial score (nSPS) is 28.2. The quantitative estimate of drug-likeness (QED) is 0.659. The molecule has 0 spiro atoms.